The Bertz CT molecular complexity index is 1110. The van der Waals surface area contributed by atoms with E-state index in [9.17, 15) is 15.0 Å². The van der Waals surface area contributed by atoms with E-state index in [0.717, 1.165) is 22.6 Å². The quantitative estimate of drug-likeness (QED) is 0.442. The minimum absolute atomic E-state index is 0.0374. The molecule has 30 heavy (non-hydrogen) atoms. The lowest BCUT2D eigenvalue weighted by Gasteiger charge is -2.20. The van der Waals surface area contributed by atoms with E-state index < -0.39 is 5.60 Å². The van der Waals surface area contributed by atoms with Gasteiger partial charge in [-0.1, -0.05) is 6.07 Å². The Morgan fingerprint density at radius 2 is 1.87 bits per heavy atom. The number of rotatable bonds is 5. The van der Waals surface area contributed by atoms with Gasteiger partial charge in [0.1, 0.15) is 0 Å². The van der Waals surface area contributed by atoms with E-state index in [4.69, 9.17) is 0 Å². The fourth-order valence-corrected chi connectivity index (χ4v) is 3.42. The number of nitrogens with zero attached hydrogens (tertiary/aromatic N) is 1. The maximum absolute atomic E-state index is 12.8. The highest BCUT2D eigenvalue weighted by molar-refractivity contribution is 6.12. The molecule has 3 aromatic rings. The number of amides is 1. The first-order valence-electron chi connectivity index (χ1n) is 9.75. The summed E-state index contributed by atoms with van der Waals surface area (Å²) in [4.78, 5) is 16.9. The molecule has 1 aliphatic rings. The van der Waals surface area contributed by atoms with Gasteiger partial charge in [0.2, 0.25) is 0 Å². The highest BCUT2D eigenvalue weighted by atomic mass is 16.3. The van der Waals surface area contributed by atoms with Gasteiger partial charge >= 0.3 is 0 Å². The average molecular weight is 404 g/mol. The van der Waals surface area contributed by atoms with Gasteiger partial charge in [-0.05, 0) is 67.8 Å². The number of hydrogen-bond acceptors (Lipinski definition) is 6. The molecule has 2 aromatic carbocycles. The Morgan fingerprint density at radius 1 is 1.03 bits per heavy atom. The largest absolute Gasteiger partial charge is 0.396 e. The molecule has 7 nitrogen and oxygen atoms in total. The number of aliphatic hydroxyl groups is 2. The minimum atomic E-state index is -1.01. The van der Waals surface area contributed by atoms with Crippen LogP contribution < -0.4 is 16.0 Å². The maximum atomic E-state index is 12.8. The van der Waals surface area contributed by atoms with E-state index in [2.05, 4.69) is 20.9 Å². The second kappa shape index (κ2) is 7.78. The van der Waals surface area contributed by atoms with Gasteiger partial charge in [0.25, 0.3) is 5.91 Å². The number of carbonyl (C=O) groups is 1. The van der Waals surface area contributed by atoms with E-state index in [-0.39, 0.29) is 12.5 Å². The van der Waals surface area contributed by atoms with Gasteiger partial charge in [0, 0.05) is 30.4 Å². The predicted octanol–water partition coefficient (Wildman–Crippen LogP) is 3.90. The summed E-state index contributed by atoms with van der Waals surface area (Å²) in [5.74, 6) is -0.222. The molecule has 0 aliphatic carbocycles. The van der Waals surface area contributed by atoms with Crippen molar-refractivity contribution in [2.24, 2.45) is 0 Å². The van der Waals surface area contributed by atoms with Gasteiger partial charge in [-0.3, -0.25) is 9.78 Å². The van der Waals surface area contributed by atoms with Crippen molar-refractivity contribution in [3.8, 4) is 0 Å². The fraction of sp³-hybridized carbons (Fsp3) is 0.217. The summed E-state index contributed by atoms with van der Waals surface area (Å²) < 4.78 is 0. The summed E-state index contributed by atoms with van der Waals surface area (Å²) >= 11 is 0. The number of aliphatic hydroxyl groups excluding tert-OH is 1. The molecule has 1 amide bonds. The number of anilines is 5. The van der Waals surface area contributed by atoms with Crippen LogP contribution in [0.4, 0.5) is 28.4 Å². The Labute approximate surface area is 174 Å². The van der Waals surface area contributed by atoms with E-state index in [1.807, 2.05) is 30.3 Å². The molecule has 5 N–H and O–H groups in total. The van der Waals surface area contributed by atoms with Gasteiger partial charge in [0.05, 0.1) is 28.2 Å². The molecule has 0 spiro atoms. The third-order valence-corrected chi connectivity index (χ3v) is 5.07. The smallest absolute Gasteiger partial charge is 0.257 e. The number of benzene rings is 2. The maximum Gasteiger partial charge on any atom is 0.257 e. The van der Waals surface area contributed by atoms with Crippen molar-refractivity contribution >= 4 is 34.3 Å². The zero-order valence-electron chi connectivity index (χ0n) is 16.9. The molecular weight excluding hydrogens is 380 g/mol. The van der Waals surface area contributed by atoms with Crippen molar-refractivity contribution in [3.63, 3.8) is 0 Å². The first-order chi connectivity index (χ1) is 14.3. The number of pyridine rings is 1. The summed E-state index contributed by atoms with van der Waals surface area (Å²) in [7, 11) is 0. The topological polar surface area (TPSA) is 107 Å². The van der Waals surface area contributed by atoms with E-state index in [0.29, 0.717) is 28.9 Å². The summed E-state index contributed by atoms with van der Waals surface area (Å²) in [5, 5.41) is 29.1. The Hall–Kier alpha value is -3.42. The molecule has 0 atom stereocenters. The minimum Gasteiger partial charge on any atom is -0.396 e. The predicted molar refractivity (Wildman–Crippen MR) is 118 cm³/mol. The van der Waals surface area contributed by atoms with Gasteiger partial charge in [-0.15, -0.1) is 0 Å². The van der Waals surface area contributed by atoms with Gasteiger partial charge < -0.3 is 26.2 Å². The Morgan fingerprint density at radius 3 is 2.63 bits per heavy atom. The summed E-state index contributed by atoms with van der Waals surface area (Å²) in [6, 6.07) is 12.8. The lowest BCUT2D eigenvalue weighted by Crippen LogP contribution is -2.16. The Kier molecular flexibility index (Phi) is 5.15. The van der Waals surface area contributed by atoms with Crippen molar-refractivity contribution in [1.29, 1.82) is 0 Å². The van der Waals surface area contributed by atoms with Crippen molar-refractivity contribution in [3.05, 3.63) is 71.5 Å². The Balaban J connectivity index is 1.67. The third kappa shape index (κ3) is 3.98. The van der Waals surface area contributed by atoms with Crippen LogP contribution in [0.15, 0.2) is 54.9 Å². The monoisotopic (exact) mass is 404 g/mol. The van der Waals surface area contributed by atoms with Crippen molar-refractivity contribution in [2.45, 2.75) is 25.9 Å². The molecule has 1 aromatic heterocycles. The molecule has 154 valence electrons. The number of hydrogen-bond donors (Lipinski definition) is 5. The van der Waals surface area contributed by atoms with Gasteiger partial charge in [0.15, 0.2) is 0 Å². The summed E-state index contributed by atoms with van der Waals surface area (Å²) in [5.41, 5.74) is 4.82. The summed E-state index contributed by atoms with van der Waals surface area (Å²) in [6.07, 6.45) is 3.91. The highest BCUT2D eigenvalue weighted by Gasteiger charge is 2.23. The van der Waals surface area contributed by atoms with Crippen LogP contribution in [0.1, 0.15) is 35.3 Å². The zero-order chi connectivity index (χ0) is 21.3. The number of aromatic nitrogens is 1. The van der Waals surface area contributed by atoms with Crippen LogP contribution in [0.2, 0.25) is 0 Å². The van der Waals surface area contributed by atoms with Gasteiger partial charge in [-0.2, -0.15) is 0 Å². The molecule has 7 heteroatoms. The molecule has 0 radical (unpaired) electrons. The summed E-state index contributed by atoms with van der Waals surface area (Å²) in [6.45, 7) is 3.45. The van der Waals surface area contributed by atoms with E-state index in [1.165, 1.54) is 0 Å². The van der Waals surface area contributed by atoms with Crippen LogP contribution in [0.25, 0.3) is 0 Å². The molecule has 0 saturated heterocycles. The third-order valence-electron chi connectivity index (χ3n) is 5.07. The van der Waals surface area contributed by atoms with Crippen LogP contribution in [-0.2, 0) is 12.0 Å². The van der Waals surface area contributed by atoms with Crippen molar-refractivity contribution in [1.82, 2.24) is 4.98 Å². The molecule has 0 unspecified atom stereocenters. The highest BCUT2D eigenvalue weighted by Crippen LogP contribution is 2.36. The first kappa shape index (κ1) is 19.9. The van der Waals surface area contributed by atoms with E-state index >= 15 is 0 Å². The average Bonchev–Trinajstić information content (AvgIpc) is 2.83. The zero-order valence-corrected chi connectivity index (χ0v) is 16.9. The number of fused-ring (bicyclic) bond motifs is 2. The standard InChI is InChI=1S/C23H24N4O3/c1-23(2,30)15-3-6-19-21(11-15)27-22(29)17-5-4-16(12-20(17)26-19)25-18-7-9-24-13-14(18)8-10-28/h3-7,9,11-13,26,28,30H,8,10H2,1-2H3,(H,24,25)(H,27,29). The van der Waals surface area contributed by atoms with Crippen LogP contribution in [0.3, 0.4) is 0 Å². The SMILES string of the molecule is CC(C)(O)c1ccc2c(c1)NC(=O)c1ccc(Nc3ccncc3CCO)cc1N2. The number of carbonyl (C=O) groups excluding carboxylic acids is 1. The molecule has 1 aliphatic heterocycles. The van der Waals surface area contributed by atoms with E-state index in [1.54, 1.807) is 38.4 Å². The molecule has 2 heterocycles. The number of nitrogens with one attached hydrogen (secondary N) is 3. The molecule has 0 bridgehead atoms. The molecule has 0 fully saturated rings. The lowest BCUT2D eigenvalue weighted by atomic mass is 9.97. The normalized spacial score (nSPS) is 12.9. The van der Waals surface area contributed by atoms with Crippen LogP contribution >= 0.6 is 0 Å². The second-order valence-corrected chi connectivity index (χ2v) is 7.79. The van der Waals surface area contributed by atoms with Crippen LogP contribution in [-0.4, -0.2) is 27.7 Å². The van der Waals surface area contributed by atoms with Crippen molar-refractivity contribution in [2.75, 3.05) is 22.6 Å². The molecular formula is C23H24N4O3. The van der Waals surface area contributed by atoms with Crippen LogP contribution in [0, 0.1) is 0 Å². The van der Waals surface area contributed by atoms with Crippen LogP contribution in [0.5, 0.6) is 0 Å². The fourth-order valence-electron chi connectivity index (χ4n) is 3.42. The molecule has 0 saturated carbocycles. The van der Waals surface area contributed by atoms with Crippen molar-refractivity contribution < 1.29 is 15.0 Å². The second-order valence-electron chi connectivity index (χ2n) is 7.79. The molecule has 4 rings (SSSR count). The lowest BCUT2D eigenvalue weighted by molar-refractivity contribution is 0.0786. The first-order valence-corrected chi connectivity index (χ1v) is 9.75. The van der Waals surface area contributed by atoms with Gasteiger partial charge in [-0.25, -0.2) is 0 Å².